The number of fused-ring (bicyclic) bond motifs is 1. The lowest BCUT2D eigenvalue weighted by Gasteiger charge is -2.55. The summed E-state index contributed by atoms with van der Waals surface area (Å²) in [6.07, 6.45) is 1.40. The van der Waals surface area contributed by atoms with Gasteiger partial charge in [-0.1, -0.05) is 0 Å². The predicted molar refractivity (Wildman–Crippen MR) is 95.8 cm³/mol. The Balaban J connectivity index is 2.23. The van der Waals surface area contributed by atoms with Crippen LogP contribution in [0.4, 0.5) is 0 Å². The van der Waals surface area contributed by atoms with E-state index < -0.39 is 45.7 Å². The second-order valence-corrected chi connectivity index (χ2v) is 8.51. The predicted octanol–water partition coefficient (Wildman–Crippen LogP) is -0.969. The number of nitrogens with zero attached hydrogens (tertiary/aromatic N) is 1. The third-order valence-corrected chi connectivity index (χ3v) is 6.18. The summed E-state index contributed by atoms with van der Waals surface area (Å²) in [5.74, 6) is -2.84. The van der Waals surface area contributed by atoms with Crippen LogP contribution >= 0.6 is 11.8 Å². The summed E-state index contributed by atoms with van der Waals surface area (Å²) in [5.41, 5.74) is -1.68. The number of esters is 1. The minimum atomic E-state index is -1.69. The number of methoxy groups -OCH3 is 1. The minimum Gasteiger partial charge on any atom is -0.477 e. The maximum Gasteiger partial charge on any atom is 0.352 e. The van der Waals surface area contributed by atoms with E-state index in [2.05, 4.69) is 5.32 Å². The average molecular weight is 420 g/mol. The van der Waals surface area contributed by atoms with Crippen molar-refractivity contribution in [2.24, 2.45) is 0 Å². The lowest BCUT2D eigenvalue weighted by molar-refractivity contribution is -0.192. The first-order valence-electron chi connectivity index (χ1n) is 7.84. The molecule has 12 heteroatoms. The van der Waals surface area contributed by atoms with Crippen molar-refractivity contribution in [1.82, 2.24) is 10.2 Å². The fraction of sp³-hybridized carbons (Fsp3) is 0.600. The number of ether oxygens (including phenoxy) is 2. The van der Waals surface area contributed by atoms with Gasteiger partial charge in [0.15, 0.2) is 0 Å². The molecule has 2 aliphatic heterocycles. The molecule has 2 rings (SSSR count). The van der Waals surface area contributed by atoms with E-state index in [1.165, 1.54) is 32.1 Å². The number of carbonyl (C=O) groups is 4. The van der Waals surface area contributed by atoms with Gasteiger partial charge in [-0.05, 0) is 0 Å². The molecule has 27 heavy (non-hydrogen) atoms. The van der Waals surface area contributed by atoms with E-state index in [1.807, 2.05) is 0 Å². The van der Waals surface area contributed by atoms with Crippen molar-refractivity contribution in [3.05, 3.63) is 11.3 Å². The van der Waals surface area contributed by atoms with Crippen molar-refractivity contribution in [2.45, 2.75) is 24.4 Å². The van der Waals surface area contributed by atoms with E-state index in [0.29, 0.717) is 0 Å². The van der Waals surface area contributed by atoms with Crippen molar-refractivity contribution in [3.63, 3.8) is 0 Å². The zero-order valence-corrected chi connectivity index (χ0v) is 16.6. The van der Waals surface area contributed by atoms with Crippen LogP contribution in [0.25, 0.3) is 0 Å². The number of carboxylic acid groups (broad SMARTS) is 1. The summed E-state index contributed by atoms with van der Waals surface area (Å²) in [7, 11) is 0.0737. The highest BCUT2D eigenvalue weighted by Gasteiger charge is 2.66. The standard InChI is InChI=1S/C15H20N2O8S2/c1-8(18)25-6-9-7-26-14-15(24-2,16-10(19)4-5-27(3)23)13(22)17(14)11(9)12(20)21/h14H,4-7H2,1-3H3,(H,16,19)(H,20,21)/t14-,15-,27?/m0/s1. The van der Waals surface area contributed by atoms with Crippen LogP contribution in [0.5, 0.6) is 0 Å². The Morgan fingerprint density at radius 2 is 2.11 bits per heavy atom. The number of nitrogens with one attached hydrogen (secondary N) is 1. The van der Waals surface area contributed by atoms with Crippen LogP contribution in [-0.2, 0) is 39.5 Å². The van der Waals surface area contributed by atoms with E-state index in [9.17, 15) is 28.5 Å². The van der Waals surface area contributed by atoms with Crippen LogP contribution in [-0.4, -0.2) is 80.5 Å². The monoisotopic (exact) mass is 420 g/mol. The number of aliphatic carboxylic acids is 1. The maximum absolute atomic E-state index is 12.7. The van der Waals surface area contributed by atoms with E-state index in [4.69, 9.17) is 9.47 Å². The Labute approximate surface area is 162 Å². The summed E-state index contributed by atoms with van der Waals surface area (Å²) in [6, 6.07) is 0. The van der Waals surface area contributed by atoms with Crippen molar-refractivity contribution < 1.29 is 38.0 Å². The van der Waals surface area contributed by atoms with Crippen molar-refractivity contribution in [3.8, 4) is 0 Å². The van der Waals surface area contributed by atoms with Gasteiger partial charge in [0, 0.05) is 54.6 Å². The van der Waals surface area contributed by atoms with Gasteiger partial charge in [0.05, 0.1) is 0 Å². The molecule has 150 valence electrons. The van der Waals surface area contributed by atoms with Gasteiger partial charge in [0.1, 0.15) is 17.7 Å². The third-order valence-electron chi connectivity index (χ3n) is 4.03. The number of carboxylic acids is 1. The molecular weight excluding hydrogens is 400 g/mol. The van der Waals surface area contributed by atoms with E-state index >= 15 is 0 Å². The highest BCUT2D eigenvalue weighted by molar-refractivity contribution is 8.00. The van der Waals surface area contributed by atoms with Crippen LogP contribution in [0.3, 0.4) is 0 Å². The average Bonchev–Trinajstić information content (AvgIpc) is 2.61. The van der Waals surface area contributed by atoms with Gasteiger partial charge >= 0.3 is 11.9 Å². The van der Waals surface area contributed by atoms with Crippen LogP contribution in [0.15, 0.2) is 11.3 Å². The molecule has 2 aliphatic rings. The first-order valence-corrected chi connectivity index (χ1v) is 10.6. The zero-order valence-electron chi connectivity index (χ0n) is 15.0. The van der Waals surface area contributed by atoms with E-state index in [-0.39, 0.29) is 35.8 Å². The maximum atomic E-state index is 12.7. The summed E-state index contributed by atoms with van der Waals surface area (Å²) >= 11 is 1.19. The molecule has 2 N–H and O–H groups in total. The Hall–Kier alpha value is -1.92. The molecule has 2 amide bonds. The molecular formula is C15H20N2O8S2. The lowest BCUT2D eigenvalue weighted by atomic mass is 9.98. The lowest BCUT2D eigenvalue weighted by Crippen LogP contribution is -2.80. The highest BCUT2D eigenvalue weighted by atomic mass is 32.2. The second kappa shape index (κ2) is 8.40. The topological polar surface area (TPSA) is 139 Å². The minimum absolute atomic E-state index is 0.0573. The van der Waals surface area contributed by atoms with Gasteiger partial charge in [0.2, 0.25) is 5.91 Å². The molecule has 1 fully saturated rings. The number of rotatable bonds is 8. The number of thioether (sulfide) groups is 1. The van der Waals surface area contributed by atoms with Crippen LogP contribution < -0.4 is 5.32 Å². The molecule has 0 aliphatic carbocycles. The molecule has 1 saturated heterocycles. The smallest absolute Gasteiger partial charge is 0.352 e. The number of β-lactam (4-membered cyclic amide) rings is 1. The Bertz CT molecular complexity index is 737. The molecule has 0 aromatic carbocycles. The number of carbonyl (C=O) groups excluding carboxylic acids is 3. The molecule has 0 radical (unpaired) electrons. The highest BCUT2D eigenvalue weighted by Crippen LogP contribution is 2.46. The fourth-order valence-electron chi connectivity index (χ4n) is 2.75. The molecule has 0 saturated carbocycles. The number of hydrogen-bond acceptors (Lipinski definition) is 8. The number of amides is 2. The normalized spacial score (nSPS) is 25.4. The van der Waals surface area contributed by atoms with Crippen LogP contribution in [0.1, 0.15) is 13.3 Å². The first kappa shape index (κ1) is 21.4. The van der Waals surface area contributed by atoms with Gasteiger partial charge in [0.25, 0.3) is 11.6 Å². The molecule has 0 aromatic rings. The van der Waals surface area contributed by atoms with Gasteiger partial charge in [-0.15, -0.1) is 11.8 Å². The van der Waals surface area contributed by atoms with Gasteiger partial charge in [-0.25, -0.2) is 4.79 Å². The quantitative estimate of drug-likeness (QED) is 0.288. The third kappa shape index (κ3) is 4.17. The molecule has 0 aromatic heterocycles. The van der Waals surface area contributed by atoms with Crippen molar-refractivity contribution >= 4 is 46.3 Å². The second-order valence-electron chi connectivity index (χ2n) is 5.89. The first-order chi connectivity index (χ1) is 12.6. The van der Waals surface area contributed by atoms with Crippen LogP contribution in [0.2, 0.25) is 0 Å². The molecule has 0 spiro atoms. The largest absolute Gasteiger partial charge is 0.477 e. The molecule has 3 atom stereocenters. The van der Waals surface area contributed by atoms with Gasteiger partial charge in [-0.2, -0.15) is 0 Å². The molecule has 2 heterocycles. The summed E-state index contributed by atoms with van der Waals surface area (Å²) in [6.45, 7) is 0.957. The summed E-state index contributed by atoms with van der Waals surface area (Å²) < 4.78 is 21.3. The van der Waals surface area contributed by atoms with Crippen molar-refractivity contribution in [2.75, 3.05) is 31.5 Å². The van der Waals surface area contributed by atoms with E-state index in [1.54, 1.807) is 0 Å². The van der Waals surface area contributed by atoms with Gasteiger partial charge < -0.3 is 19.9 Å². The zero-order chi connectivity index (χ0) is 20.4. The van der Waals surface area contributed by atoms with Crippen molar-refractivity contribution in [1.29, 1.82) is 0 Å². The Morgan fingerprint density at radius 3 is 2.63 bits per heavy atom. The molecule has 0 bridgehead atoms. The SMILES string of the molecule is CO[C@@]1(NC(=O)CCS(C)=O)C(=O)N2C(C(=O)O)=C(COC(C)=O)CS[C@H]21. The van der Waals surface area contributed by atoms with Gasteiger partial charge in [-0.3, -0.25) is 23.5 Å². The Morgan fingerprint density at radius 1 is 1.44 bits per heavy atom. The van der Waals surface area contributed by atoms with E-state index in [0.717, 1.165) is 4.90 Å². The molecule has 1 unspecified atom stereocenters. The Kier molecular flexibility index (Phi) is 6.65. The fourth-order valence-corrected chi connectivity index (χ4v) is 4.64. The summed E-state index contributed by atoms with van der Waals surface area (Å²) in [5, 5.41) is 11.2. The molecule has 10 nitrogen and oxygen atoms in total. The number of hydrogen-bond donors (Lipinski definition) is 2. The van der Waals surface area contributed by atoms with Crippen LogP contribution in [0, 0.1) is 0 Å². The summed E-state index contributed by atoms with van der Waals surface area (Å²) in [4.78, 5) is 48.5.